The second kappa shape index (κ2) is 2.55. The van der Waals surface area contributed by atoms with E-state index in [1.165, 1.54) is 0 Å². The molecule has 2 rings (SSSR count). The monoisotopic (exact) mass is 272 g/mol. The first-order valence-electron chi connectivity index (χ1n) is 3.28. The molecule has 2 amide bonds. The fraction of sp³-hybridized carbons (Fsp3) is 0. The van der Waals surface area contributed by atoms with Gasteiger partial charge in [-0.05, 0) is 40.8 Å². The molecule has 3 nitrogen and oxygen atoms in total. The highest BCUT2D eigenvalue weighted by molar-refractivity contribution is 14.1. The molecule has 0 aliphatic carbocycles. The summed E-state index contributed by atoms with van der Waals surface area (Å²) in [5, 5.41) is 3.32. The molecule has 0 spiro atoms. The summed E-state index contributed by atoms with van der Waals surface area (Å²) in [5.41, 5.74) is 0.840. The quantitative estimate of drug-likeness (QED) is 0.526. The molecule has 0 saturated carbocycles. The molecule has 1 aromatic carbocycles. The fourth-order valence-electron chi connectivity index (χ4n) is 1.09. The van der Waals surface area contributed by atoms with Crippen LogP contribution < -0.4 is 5.32 Å². The van der Waals surface area contributed by atoms with Gasteiger partial charge in [0.2, 0.25) is 0 Å². The zero-order valence-electron chi connectivity index (χ0n) is 5.87. The van der Waals surface area contributed by atoms with Crippen LogP contribution in [0.4, 0.5) is 0 Å². The van der Waals surface area contributed by atoms with Gasteiger partial charge in [-0.1, -0.05) is 0 Å². The highest BCUT2D eigenvalue weighted by atomic mass is 127. The molecule has 1 heterocycles. The van der Waals surface area contributed by atoms with E-state index in [-0.39, 0.29) is 0 Å². The number of fused-ring (bicyclic) bond motifs is 1. The van der Waals surface area contributed by atoms with Gasteiger partial charge < -0.3 is 0 Å². The highest BCUT2D eigenvalue weighted by Gasteiger charge is 2.28. The van der Waals surface area contributed by atoms with Gasteiger partial charge in [0.1, 0.15) is 0 Å². The largest absolute Gasteiger partial charge is 0.281 e. The number of nitrogens with zero attached hydrogens (tertiary/aromatic N) is 1. The molecule has 12 heavy (non-hydrogen) atoms. The summed E-state index contributed by atoms with van der Waals surface area (Å²) in [7, 11) is 0. The first kappa shape index (κ1) is 7.72. The number of imide groups is 1. The predicted octanol–water partition coefficient (Wildman–Crippen LogP) is 1.19. The third kappa shape index (κ3) is 1.03. The molecule has 59 valence electrons. The van der Waals surface area contributed by atoms with Crippen molar-refractivity contribution in [3.05, 3.63) is 32.9 Å². The number of carbonyl (C=O) groups excluding carboxylic acids is 2. The summed E-state index contributed by atoms with van der Waals surface area (Å²) in [5.74, 6) is -0.847. The molecule has 0 unspecified atom stereocenters. The first-order chi connectivity index (χ1) is 5.68. The van der Waals surface area contributed by atoms with E-state index < -0.39 is 11.8 Å². The minimum absolute atomic E-state index is 0.417. The standard InChI is InChI=1S/C8H3INO2/c9-4-1-2-5-6(3-4)8(12)10-7(5)11/h1-3H. The molecule has 1 radical (unpaired) electrons. The Kier molecular flexibility index (Phi) is 1.64. The average Bonchev–Trinajstić information content (AvgIpc) is 2.28. The van der Waals surface area contributed by atoms with Gasteiger partial charge >= 0.3 is 0 Å². The van der Waals surface area contributed by atoms with E-state index in [0.29, 0.717) is 11.1 Å². The van der Waals surface area contributed by atoms with Gasteiger partial charge in [0.15, 0.2) is 0 Å². The molecule has 0 fully saturated rings. The van der Waals surface area contributed by atoms with Gasteiger partial charge in [-0.15, -0.1) is 0 Å². The number of amides is 2. The zero-order chi connectivity index (χ0) is 8.72. The van der Waals surface area contributed by atoms with Crippen molar-refractivity contribution in [3.8, 4) is 0 Å². The van der Waals surface area contributed by atoms with Crippen molar-refractivity contribution >= 4 is 34.4 Å². The maximum atomic E-state index is 11.0. The zero-order valence-corrected chi connectivity index (χ0v) is 8.03. The molecule has 1 aromatic rings. The van der Waals surface area contributed by atoms with Crippen LogP contribution in [0.1, 0.15) is 20.7 Å². The van der Waals surface area contributed by atoms with E-state index in [1.54, 1.807) is 18.2 Å². The Bertz CT molecular complexity index is 387. The molecule has 0 aromatic heterocycles. The summed E-state index contributed by atoms with van der Waals surface area (Å²) in [4.78, 5) is 22.0. The number of rotatable bonds is 0. The van der Waals surface area contributed by atoms with Gasteiger partial charge in [-0.3, -0.25) is 9.59 Å². The van der Waals surface area contributed by atoms with Gasteiger partial charge in [-0.2, -0.15) is 5.32 Å². The maximum Gasteiger partial charge on any atom is 0.281 e. The second-order valence-corrected chi connectivity index (χ2v) is 3.66. The number of carbonyl (C=O) groups is 2. The molecule has 1 aliphatic heterocycles. The summed E-state index contributed by atoms with van der Waals surface area (Å²) in [6, 6.07) is 5.09. The Morgan fingerprint density at radius 2 is 1.75 bits per heavy atom. The second-order valence-electron chi connectivity index (χ2n) is 2.41. The molecule has 4 heteroatoms. The molecular formula is C8H3INO2. The van der Waals surface area contributed by atoms with E-state index in [9.17, 15) is 9.59 Å². The van der Waals surface area contributed by atoms with Crippen LogP contribution in [0.25, 0.3) is 0 Å². The van der Waals surface area contributed by atoms with Crippen LogP contribution in [-0.2, 0) is 0 Å². The molecule has 1 aliphatic rings. The van der Waals surface area contributed by atoms with E-state index in [0.717, 1.165) is 3.57 Å². The molecule has 0 atom stereocenters. The Labute approximate surface area is 82.3 Å². The van der Waals surface area contributed by atoms with Crippen LogP contribution in [0.2, 0.25) is 0 Å². The third-order valence-corrected chi connectivity index (χ3v) is 2.32. The molecule has 0 saturated heterocycles. The van der Waals surface area contributed by atoms with E-state index in [2.05, 4.69) is 27.9 Å². The average molecular weight is 272 g/mol. The van der Waals surface area contributed by atoms with Crippen LogP contribution in [0.3, 0.4) is 0 Å². The lowest BCUT2D eigenvalue weighted by Gasteiger charge is -1.92. The number of hydrogen-bond acceptors (Lipinski definition) is 2. The van der Waals surface area contributed by atoms with Gasteiger partial charge in [0, 0.05) is 3.57 Å². The van der Waals surface area contributed by atoms with E-state index >= 15 is 0 Å². The molecule has 0 bridgehead atoms. The Morgan fingerprint density at radius 1 is 1.08 bits per heavy atom. The van der Waals surface area contributed by atoms with Gasteiger partial charge in [0.05, 0.1) is 11.1 Å². The minimum Gasteiger partial charge on any atom is -0.267 e. The smallest absolute Gasteiger partial charge is 0.267 e. The highest BCUT2D eigenvalue weighted by Crippen LogP contribution is 2.18. The van der Waals surface area contributed by atoms with Crippen molar-refractivity contribution < 1.29 is 9.59 Å². The van der Waals surface area contributed by atoms with E-state index in [1.807, 2.05) is 0 Å². The number of halogens is 1. The number of benzene rings is 1. The third-order valence-electron chi connectivity index (χ3n) is 1.65. The van der Waals surface area contributed by atoms with Crippen molar-refractivity contribution in [3.63, 3.8) is 0 Å². The SMILES string of the molecule is O=C1[N]C(=O)c2cc(I)ccc21. The lowest BCUT2D eigenvalue weighted by Crippen LogP contribution is -2.10. The van der Waals surface area contributed by atoms with Crippen molar-refractivity contribution in [1.29, 1.82) is 0 Å². The Balaban J connectivity index is 2.68. The topological polar surface area (TPSA) is 48.2 Å². The van der Waals surface area contributed by atoms with Crippen molar-refractivity contribution in [1.82, 2.24) is 5.32 Å². The van der Waals surface area contributed by atoms with Crippen LogP contribution in [0.5, 0.6) is 0 Å². The minimum atomic E-state index is -0.425. The molecule has 0 N–H and O–H groups in total. The number of hydrogen-bond donors (Lipinski definition) is 0. The van der Waals surface area contributed by atoms with Gasteiger partial charge in [-0.25, -0.2) is 0 Å². The van der Waals surface area contributed by atoms with Crippen LogP contribution >= 0.6 is 22.6 Å². The van der Waals surface area contributed by atoms with Gasteiger partial charge in [0.25, 0.3) is 11.8 Å². The lowest BCUT2D eigenvalue weighted by molar-refractivity contribution is 0.0873. The normalized spacial score (nSPS) is 14.4. The summed E-state index contributed by atoms with van der Waals surface area (Å²) in [6.45, 7) is 0. The Hall–Kier alpha value is -0.910. The van der Waals surface area contributed by atoms with Crippen LogP contribution in [0.15, 0.2) is 18.2 Å². The predicted molar refractivity (Wildman–Crippen MR) is 50.0 cm³/mol. The first-order valence-corrected chi connectivity index (χ1v) is 4.36. The van der Waals surface area contributed by atoms with E-state index in [4.69, 9.17) is 0 Å². The molecular weight excluding hydrogens is 269 g/mol. The van der Waals surface area contributed by atoms with Crippen LogP contribution in [-0.4, -0.2) is 11.8 Å². The fourth-order valence-corrected chi connectivity index (χ4v) is 1.58. The van der Waals surface area contributed by atoms with Crippen molar-refractivity contribution in [2.24, 2.45) is 0 Å². The van der Waals surface area contributed by atoms with Crippen molar-refractivity contribution in [2.75, 3.05) is 0 Å². The lowest BCUT2D eigenvalue weighted by atomic mass is 10.1. The van der Waals surface area contributed by atoms with Crippen LogP contribution in [0, 0.1) is 3.57 Å². The summed E-state index contributed by atoms with van der Waals surface area (Å²) >= 11 is 2.09. The summed E-state index contributed by atoms with van der Waals surface area (Å²) in [6.07, 6.45) is 0. The Morgan fingerprint density at radius 3 is 2.50 bits per heavy atom. The maximum absolute atomic E-state index is 11.0. The summed E-state index contributed by atoms with van der Waals surface area (Å²) < 4.78 is 0.935. The van der Waals surface area contributed by atoms with Crippen molar-refractivity contribution in [2.45, 2.75) is 0 Å².